The Bertz CT molecular complexity index is 794. The molecule has 1 heterocycles. The molecule has 0 atom stereocenters. The van der Waals surface area contributed by atoms with Gasteiger partial charge in [-0.3, -0.25) is 4.79 Å². The fourth-order valence-corrected chi connectivity index (χ4v) is 4.25. The Morgan fingerprint density at radius 3 is 2.81 bits per heavy atom. The summed E-state index contributed by atoms with van der Waals surface area (Å²) in [5.41, 5.74) is 1.68. The van der Waals surface area contributed by atoms with Gasteiger partial charge in [-0.15, -0.1) is 11.3 Å². The lowest BCUT2D eigenvalue weighted by Gasteiger charge is -2.10. The van der Waals surface area contributed by atoms with Crippen LogP contribution in [0.2, 0.25) is 5.02 Å². The van der Waals surface area contributed by atoms with Gasteiger partial charge in [0.25, 0.3) is 5.91 Å². The highest BCUT2D eigenvalue weighted by atomic mass is 35.5. The molecule has 0 unspecified atom stereocenters. The summed E-state index contributed by atoms with van der Waals surface area (Å²) in [7, 11) is 1.50. The van der Waals surface area contributed by atoms with E-state index in [9.17, 15) is 9.59 Å². The molecule has 1 aliphatic rings. The van der Waals surface area contributed by atoms with Gasteiger partial charge in [0.05, 0.1) is 12.8 Å². The van der Waals surface area contributed by atoms with Gasteiger partial charge >= 0.3 is 5.97 Å². The Hall–Kier alpha value is -2.05. The maximum Gasteiger partial charge on any atom is 0.348 e. The molecule has 0 bridgehead atoms. The second-order valence-electron chi connectivity index (χ2n) is 6.09. The lowest BCUT2D eigenvalue weighted by Crippen LogP contribution is -2.21. The minimum Gasteiger partial charge on any atom is -0.495 e. The fourth-order valence-electron chi connectivity index (χ4n) is 2.93. The van der Waals surface area contributed by atoms with Gasteiger partial charge in [-0.1, -0.05) is 18.0 Å². The van der Waals surface area contributed by atoms with Gasteiger partial charge in [0.2, 0.25) is 0 Å². The number of carbonyl (C=O) groups excluding carboxylic acids is 2. The van der Waals surface area contributed by atoms with E-state index in [1.165, 1.54) is 35.3 Å². The standard InChI is InChI=1S/C19H20ClNO4S/c1-24-15-8-7-13(20)10-14(15)21-18(22)11-25-19(23)17-9-12-5-3-2-4-6-16(12)26-17/h7-10H,2-6,11H2,1H3,(H,21,22). The summed E-state index contributed by atoms with van der Waals surface area (Å²) in [4.78, 5) is 26.2. The van der Waals surface area contributed by atoms with Crippen LogP contribution in [0.3, 0.4) is 0 Å². The molecule has 0 saturated carbocycles. The third kappa shape index (κ3) is 4.56. The maximum atomic E-state index is 12.2. The highest BCUT2D eigenvalue weighted by Gasteiger charge is 2.18. The van der Waals surface area contributed by atoms with E-state index in [2.05, 4.69) is 5.32 Å². The summed E-state index contributed by atoms with van der Waals surface area (Å²) in [5, 5.41) is 3.11. The molecule has 0 saturated heterocycles. The Kier molecular flexibility index (Phi) is 6.16. The van der Waals surface area contributed by atoms with Gasteiger partial charge in [0.15, 0.2) is 6.61 Å². The number of carbonyl (C=O) groups is 2. The summed E-state index contributed by atoms with van der Waals surface area (Å²) in [6, 6.07) is 6.81. The molecule has 138 valence electrons. The summed E-state index contributed by atoms with van der Waals surface area (Å²) >= 11 is 7.41. The van der Waals surface area contributed by atoms with Crippen molar-refractivity contribution in [2.75, 3.05) is 19.0 Å². The van der Waals surface area contributed by atoms with Crippen molar-refractivity contribution in [3.63, 3.8) is 0 Å². The smallest absolute Gasteiger partial charge is 0.348 e. The third-order valence-electron chi connectivity index (χ3n) is 4.22. The first-order valence-electron chi connectivity index (χ1n) is 8.49. The molecular formula is C19H20ClNO4S. The molecule has 3 rings (SSSR count). The van der Waals surface area contributed by atoms with Crippen molar-refractivity contribution in [2.45, 2.75) is 32.1 Å². The Labute approximate surface area is 161 Å². The summed E-state index contributed by atoms with van der Waals surface area (Å²) in [5.74, 6) is -0.426. The number of hydrogen-bond donors (Lipinski definition) is 1. The lowest BCUT2D eigenvalue weighted by atomic mass is 10.1. The number of amides is 1. The van der Waals surface area contributed by atoms with Crippen LogP contribution < -0.4 is 10.1 Å². The van der Waals surface area contributed by atoms with Crippen LogP contribution in [0.4, 0.5) is 5.69 Å². The van der Waals surface area contributed by atoms with Crippen LogP contribution in [0.1, 0.15) is 39.4 Å². The summed E-state index contributed by atoms with van der Waals surface area (Å²) in [6.45, 7) is -0.364. The second kappa shape index (κ2) is 8.56. The van der Waals surface area contributed by atoms with Crippen LogP contribution in [-0.2, 0) is 22.4 Å². The van der Waals surface area contributed by atoms with Crippen molar-refractivity contribution in [1.82, 2.24) is 0 Å². The molecule has 1 aliphatic carbocycles. The number of hydrogen-bond acceptors (Lipinski definition) is 5. The number of halogens is 1. The quantitative estimate of drug-likeness (QED) is 0.601. The molecule has 26 heavy (non-hydrogen) atoms. The molecule has 1 N–H and O–H groups in total. The number of fused-ring (bicyclic) bond motifs is 1. The van der Waals surface area contributed by atoms with E-state index in [4.69, 9.17) is 21.1 Å². The second-order valence-corrected chi connectivity index (χ2v) is 7.66. The highest BCUT2D eigenvalue weighted by molar-refractivity contribution is 7.14. The average Bonchev–Trinajstić information content (AvgIpc) is 2.91. The first-order valence-corrected chi connectivity index (χ1v) is 9.68. The van der Waals surface area contributed by atoms with Crippen LogP contribution in [-0.4, -0.2) is 25.6 Å². The van der Waals surface area contributed by atoms with Crippen LogP contribution in [0.5, 0.6) is 5.75 Å². The number of benzene rings is 1. The van der Waals surface area contributed by atoms with Gasteiger partial charge in [-0.2, -0.15) is 0 Å². The van der Waals surface area contributed by atoms with E-state index < -0.39 is 11.9 Å². The molecule has 0 aliphatic heterocycles. The van der Waals surface area contributed by atoms with Crippen molar-refractivity contribution >= 4 is 40.5 Å². The monoisotopic (exact) mass is 393 g/mol. The summed E-state index contributed by atoms with van der Waals surface area (Å²) < 4.78 is 10.3. The van der Waals surface area contributed by atoms with Gasteiger partial charge in [0.1, 0.15) is 10.6 Å². The predicted octanol–water partition coefficient (Wildman–Crippen LogP) is 4.47. The zero-order valence-corrected chi connectivity index (χ0v) is 16.0. The van der Waals surface area contributed by atoms with E-state index in [0.717, 1.165) is 25.7 Å². The van der Waals surface area contributed by atoms with Crippen molar-refractivity contribution < 1.29 is 19.1 Å². The van der Waals surface area contributed by atoms with Crippen molar-refractivity contribution in [3.05, 3.63) is 44.6 Å². The predicted molar refractivity (Wildman–Crippen MR) is 102 cm³/mol. The van der Waals surface area contributed by atoms with Gasteiger partial charge in [-0.25, -0.2) is 4.79 Å². The Balaban J connectivity index is 1.58. The topological polar surface area (TPSA) is 64.6 Å². The lowest BCUT2D eigenvalue weighted by molar-refractivity contribution is -0.119. The average molecular weight is 394 g/mol. The molecule has 1 amide bonds. The van der Waals surface area contributed by atoms with Crippen LogP contribution in [0.25, 0.3) is 0 Å². The first kappa shape index (κ1) is 18.7. The number of esters is 1. The van der Waals surface area contributed by atoms with Crippen LogP contribution in [0, 0.1) is 0 Å². The molecular weight excluding hydrogens is 374 g/mol. The normalized spacial score (nSPS) is 13.5. The SMILES string of the molecule is COc1ccc(Cl)cc1NC(=O)COC(=O)c1cc2c(s1)CCCCC2. The van der Waals surface area contributed by atoms with Gasteiger partial charge in [-0.05, 0) is 55.5 Å². The first-order chi connectivity index (χ1) is 12.6. The van der Waals surface area contributed by atoms with Gasteiger partial charge in [0, 0.05) is 9.90 Å². The van der Waals surface area contributed by atoms with E-state index in [1.807, 2.05) is 6.07 Å². The molecule has 1 aromatic heterocycles. The maximum absolute atomic E-state index is 12.2. The largest absolute Gasteiger partial charge is 0.495 e. The number of nitrogens with one attached hydrogen (secondary N) is 1. The van der Waals surface area contributed by atoms with Crippen molar-refractivity contribution in [2.24, 2.45) is 0 Å². The molecule has 0 fully saturated rings. The van der Waals surface area contributed by atoms with Crippen molar-refractivity contribution in [1.29, 1.82) is 0 Å². The van der Waals surface area contributed by atoms with E-state index in [1.54, 1.807) is 18.2 Å². The summed E-state index contributed by atoms with van der Waals surface area (Å²) in [6.07, 6.45) is 5.57. The van der Waals surface area contributed by atoms with Crippen molar-refractivity contribution in [3.8, 4) is 5.75 Å². The minimum absolute atomic E-state index is 0.364. The molecule has 0 spiro atoms. The number of ether oxygens (including phenoxy) is 2. The Morgan fingerprint density at radius 1 is 1.19 bits per heavy atom. The number of anilines is 1. The van der Waals surface area contributed by atoms with Crippen LogP contribution >= 0.6 is 22.9 Å². The molecule has 5 nitrogen and oxygen atoms in total. The number of methoxy groups -OCH3 is 1. The molecule has 7 heteroatoms. The number of rotatable bonds is 5. The minimum atomic E-state index is -0.462. The van der Waals surface area contributed by atoms with E-state index in [-0.39, 0.29) is 6.61 Å². The van der Waals surface area contributed by atoms with E-state index in [0.29, 0.717) is 21.3 Å². The fraction of sp³-hybridized carbons (Fsp3) is 0.368. The third-order valence-corrected chi connectivity index (χ3v) is 5.67. The molecule has 1 aromatic carbocycles. The highest BCUT2D eigenvalue weighted by Crippen LogP contribution is 2.30. The zero-order valence-electron chi connectivity index (χ0n) is 14.5. The van der Waals surface area contributed by atoms with E-state index >= 15 is 0 Å². The number of aryl methyl sites for hydroxylation is 2. The number of thiophene rings is 1. The zero-order chi connectivity index (χ0) is 18.5. The molecule has 0 radical (unpaired) electrons. The van der Waals surface area contributed by atoms with Gasteiger partial charge < -0.3 is 14.8 Å². The molecule has 2 aromatic rings. The Morgan fingerprint density at radius 2 is 2.00 bits per heavy atom. The van der Waals surface area contributed by atoms with Crippen LogP contribution in [0.15, 0.2) is 24.3 Å².